The van der Waals surface area contributed by atoms with Crippen molar-refractivity contribution in [1.29, 1.82) is 0 Å². The summed E-state index contributed by atoms with van der Waals surface area (Å²) in [7, 11) is 3.40. The third kappa shape index (κ3) is 11.5. The topological polar surface area (TPSA) is 115 Å². The highest BCUT2D eigenvalue weighted by atomic mass is 19.4. The quantitative estimate of drug-likeness (QED) is 0.134. The van der Waals surface area contributed by atoms with E-state index in [0.29, 0.717) is 41.1 Å². The predicted octanol–water partition coefficient (Wildman–Crippen LogP) is 12.7. The Morgan fingerprint density at radius 3 is 1.49 bits per heavy atom. The number of aromatic amines is 2. The number of rotatable bonds is 7. The summed E-state index contributed by atoms with van der Waals surface area (Å²) in [6, 6.07) is 24.6. The number of carbonyl (C=O) groups excluding carboxylic acids is 1. The average Bonchev–Trinajstić information content (AvgIpc) is 4.08. The van der Waals surface area contributed by atoms with Crippen LogP contribution in [-0.4, -0.2) is 103 Å². The van der Waals surface area contributed by atoms with Crippen molar-refractivity contribution in [3.63, 3.8) is 0 Å². The average molecular weight is 1030 g/mol. The van der Waals surface area contributed by atoms with Crippen molar-refractivity contribution in [3.8, 4) is 11.5 Å². The van der Waals surface area contributed by atoms with Crippen LogP contribution < -0.4 is 24.6 Å². The van der Waals surface area contributed by atoms with Crippen molar-refractivity contribution in [2.45, 2.75) is 81.6 Å². The Kier molecular flexibility index (Phi) is 15.3. The highest BCUT2D eigenvalue weighted by molar-refractivity contribution is 5.93. The molecule has 0 radical (unpaired) electrons. The minimum atomic E-state index is -4.33. The van der Waals surface area contributed by atoms with Crippen molar-refractivity contribution in [2.24, 2.45) is 0 Å². The highest BCUT2D eigenvalue weighted by Crippen LogP contribution is 2.42. The van der Waals surface area contributed by atoms with E-state index in [0.717, 1.165) is 159 Å². The summed E-state index contributed by atoms with van der Waals surface area (Å²) in [5.41, 5.74) is 6.57. The molecule has 0 unspecified atom stereocenters. The predicted molar refractivity (Wildman–Crippen MR) is 283 cm³/mol. The molecule has 3 N–H and O–H groups in total. The lowest BCUT2D eigenvalue weighted by Gasteiger charge is -2.42. The Balaban J connectivity index is 0.000000142. The first-order valence-electron chi connectivity index (χ1n) is 25.9. The third-order valence-corrected chi connectivity index (χ3v) is 15.6. The molecule has 0 bridgehead atoms. The molecule has 0 spiro atoms. The first-order valence-corrected chi connectivity index (χ1v) is 25.9. The fraction of sp³-hybridized carbons (Fsp3) is 0.397. The number of carbonyl (C=O) groups is 1. The molecular formula is C58H62F6N8O3. The molecule has 0 amide bonds. The van der Waals surface area contributed by atoms with E-state index in [2.05, 4.69) is 64.2 Å². The monoisotopic (exact) mass is 1030 g/mol. The van der Waals surface area contributed by atoms with Gasteiger partial charge < -0.3 is 34.6 Å². The Hall–Kier alpha value is -6.85. The number of ether oxygens (including phenoxy) is 2. The lowest BCUT2D eigenvalue weighted by atomic mass is 9.81. The Labute approximate surface area is 431 Å². The van der Waals surface area contributed by atoms with E-state index >= 15 is 0 Å². The zero-order chi connectivity index (χ0) is 52.3. The summed E-state index contributed by atoms with van der Waals surface area (Å²) in [5.74, 6) is 2.45. The number of H-pyrrole nitrogens is 2. The van der Waals surface area contributed by atoms with E-state index < -0.39 is 23.5 Å². The molecule has 2 aliphatic carbocycles. The standard InChI is InChI=1S/C29H31F3N4O.C15H14F3NO.C14H17N3O/c1-37-23-15-20-3-2-10-33-28(20)27(17-23)36-13-11-35(12-14-36)22-7-4-19(5-8-22)25-18-34-26-9-6-21(16-24(25)26)29(30,31)32;16-15(17,18)10-3-6-14-12(7-10)13(8-19-14)9-1-4-11(20)5-2-9;1-18-12-9-11-3-2-4-16-14(11)13(10-12)17-7-5-15-6-8-17/h2-3,6,9-10,15-19,22,34H,4-5,7-8,11-14H2,1H3;3,6-9,19H,1-2,4-5H2;2-4,9-10,15H,5-8H2,1H3. The summed E-state index contributed by atoms with van der Waals surface area (Å²) in [4.78, 5) is 34.0. The molecular weight excluding hydrogens is 971 g/mol. The van der Waals surface area contributed by atoms with Gasteiger partial charge in [0.05, 0.1) is 47.8 Å². The van der Waals surface area contributed by atoms with Gasteiger partial charge in [0.1, 0.15) is 17.3 Å². The number of pyridine rings is 2. The molecule has 4 aromatic heterocycles. The zero-order valence-corrected chi connectivity index (χ0v) is 42.2. The van der Waals surface area contributed by atoms with Crippen LogP contribution in [0.25, 0.3) is 43.6 Å². The normalized spacial score (nSPS) is 19.2. The molecule has 0 atom stereocenters. The van der Waals surface area contributed by atoms with Gasteiger partial charge in [0.15, 0.2) is 0 Å². The SMILES string of the molecule is COc1cc(N2CCN(C3CCC(c4c[nH]c5ccc(C(F)(F)F)cc45)CC3)CC2)c2ncccc2c1.COc1cc(N2CCNCC2)c2ncccc2c1.O=C1CCC(c2c[nH]c3ccc(C(F)(F)F)cc23)CC1. The smallest absolute Gasteiger partial charge is 0.416 e. The summed E-state index contributed by atoms with van der Waals surface area (Å²) in [6.07, 6.45) is 5.37. The number of hydrogen-bond donors (Lipinski definition) is 3. The van der Waals surface area contributed by atoms with E-state index in [-0.39, 0.29) is 11.7 Å². The number of ketones is 1. The van der Waals surface area contributed by atoms with Crippen molar-refractivity contribution in [3.05, 3.63) is 132 Å². The molecule has 394 valence electrons. The molecule has 4 aliphatic rings. The van der Waals surface area contributed by atoms with Crippen LogP contribution in [0.5, 0.6) is 11.5 Å². The van der Waals surface area contributed by atoms with Gasteiger partial charge >= 0.3 is 12.4 Å². The summed E-state index contributed by atoms with van der Waals surface area (Å²) >= 11 is 0. The summed E-state index contributed by atoms with van der Waals surface area (Å²) in [6.45, 7) is 7.91. The van der Waals surface area contributed by atoms with Gasteiger partial charge in [0, 0.05) is 141 Å². The van der Waals surface area contributed by atoms with Gasteiger partial charge in [-0.2, -0.15) is 26.3 Å². The van der Waals surface area contributed by atoms with Crippen molar-refractivity contribution < 1.29 is 40.6 Å². The number of anilines is 2. The third-order valence-electron chi connectivity index (χ3n) is 15.6. The first kappa shape index (κ1) is 51.6. The molecule has 2 aliphatic heterocycles. The first-order chi connectivity index (χ1) is 36.2. The molecule has 2 saturated heterocycles. The number of Topliss-reactive ketones (excluding diaryl/α,β-unsaturated/α-hetero) is 1. The Morgan fingerprint density at radius 2 is 1.03 bits per heavy atom. The van der Waals surface area contributed by atoms with Crippen LogP contribution in [0.2, 0.25) is 0 Å². The van der Waals surface area contributed by atoms with Crippen LogP contribution in [0.4, 0.5) is 37.7 Å². The number of fused-ring (bicyclic) bond motifs is 4. The summed E-state index contributed by atoms with van der Waals surface area (Å²) < 4.78 is 89.1. The van der Waals surface area contributed by atoms with E-state index in [1.165, 1.54) is 23.9 Å². The minimum absolute atomic E-state index is 0.171. The maximum atomic E-state index is 13.3. The second-order valence-corrected chi connectivity index (χ2v) is 20.0. The van der Waals surface area contributed by atoms with Crippen LogP contribution >= 0.6 is 0 Å². The Morgan fingerprint density at radius 1 is 0.560 bits per heavy atom. The maximum Gasteiger partial charge on any atom is 0.416 e. The van der Waals surface area contributed by atoms with Gasteiger partial charge in [-0.3, -0.25) is 19.7 Å². The lowest BCUT2D eigenvalue weighted by molar-refractivity contribution is -0.138. The molecule has 8 aromatic rings. The van der Waals surface area contributed by atoms with Crippen molar-refractivity contribution in [1.82, 2.24) is 30.2 Å². The second kappa shape index (κ2) is 22.2. The molecule has 17 heteroatoms. The van der Waals surface area contributed by atoms with Gasteiger partial charge in [-0.25, -0.2) is 0 Å². The fourth-order valence-electron chi connectivity index (χ4n) is 11.6. The number of nitrogens with zero attached hydrogens (tertiary/aromatic N) is 5. The van der Waals surface area contributed by atoms with Gasteiger partial charge in [0.25, 0.3) is 0 Å². The minimum Gasteiger partial charge on any atom is -0.497 e. The number of benzene rings is 4. The zero-order valence-electron chi connectivity index (χ0n) is 42.2. The maximum absolute atomic E-state index is 13.3. The van der Waals surface area contributed by atoms with Crippen LogP contribution in [0, 0.1) is 0 Å². The van der Waals surface area contributed by atoms with Crippen molar-refractivity contribution >= 4 is 60.8 Å². The van der Waals surface area contributed by atoms with Crippen LogP contribution in [0.3, 0.4) is 0 Å². The number of alkyl halides is 6. The molecule has 6 heterocycles. The highest BCUT2D eigenvalue weighted by Gasteiger charge is 2.34. The van der Waals surface area contributed by atoms with Gasteiger partial charge in [-0.05, 0) is 122 Å². The Bertz CT molecular complexity index is 3250. The molecule has 11 nitrogen and oxygen atoms in total. The van der Waals surface area contributed by atoms with Crippen LogP contribution in [-0.2, 0) is 17.1 Å². The fourth-order valence-corrected chi connectivity index (χ4v) is 11.6. The number of piperazine rings is 2. The van der Waals surface area contributed by atoms with Gasteiger partial charge in [-0.15, -0.1) is 0 Å². The van der Waals surface area contributed by atoms with E-state index in [1.807, 2.05) is 42.9 Å². The van der Waals surface area contributed by atoms with E-state index in [1.54, 1.807) is 26.5 Å². The number of nitrogens with one attached hydrogen (secondary N) is 3. The molecule has 75 heavy (non-hydrogen) atoms. The molecule has 12 rings (SSSR count). The molecule has 2 saturated carbocycles. The number of halogens is 6. The van der Waals surface area contributed by atoms with Gasteiger partial charge in [-0.1, -0.05) is 12.1 Å². The lowest BCUT2D eigenvalue weighted by Crippen LogP contribution is -2.51. The number of hydrogen-bond acceptors (Lipinski definition) is 9. The molecule has 4 aromatic carbocycles. The van der Waals surface area contributed by atoms with E-state index in [4.69, 9.17) is 9.47 Å². The van der Waals surface area contributed by atoms with Gasteiger partial charge in [0.2, 0.25) is 0 Å². The molecule has 4 fully saturated rings. The number of aromatic nitrogens is 4. The van der Waals surface area contributed by atoms with Crippen LogP contribution in [0.1, 0.15) is 85.5 Å². The van der Waals surface area contributed by atoms with Crippen LogP contribution in [0.15, 0.2) is 110 Å². The van der Waals surface area contributed by atoms with E-state index in [9.17, 15) is 31.1 Å². The largest absolute Gasteiger partial charge is 0.497 e. The summed E-state index contributed by atoms with van der Waals surface area (Å²) in [5, 5.41) is 6.92. The second-order valence-electron chi connectivity index (χ2n) is 20.0. The van der Waals surface area contributed by atoms with Crippen molar-refractivity contribution in [2.75, 3.05) is 76.4 Å². The number of methoxy groups -OCH3 is 2.